The number of H-pyrrole nitrogens is 1. The van der Waals surface area contributed by atoms with Gasteiger partial charge in [-0.3, -0.25) is 9.59 Å². The standard InChI is InChI=1S/C29H29N3O5/c1-19(22-8-4-3-5-9-22)31-28(34)27(16-23-17-30-26-11-7-6-10-25(23)26)32-29(35)36-18-21-12-14-24(15-13-21)37-20(2)33/h3-15,17,19,27,30H,16,18H2,1-2H3,(H,31,34)(H,32,35)/t19-,27+/m0/s1. The molecule has 0 saturated carbocycles. The van der Waals surface area contributed by atoms with Crippen molar-refractivity contribution < 1.29 is 23.9 Å². The molecule has 3 aromatic carbocycles. The first-order valence-electron chi connectivity index (χ1n) is 12.0. The minimum atomic E-state index is -0.857. The number of rotatable bonds is 9. The molecule has 3 N–H and O–H groups in total. The van der Waals surface area contributed by atoms with Crippen LogP contribution in [0.15, 0.2) is 85.1 Å². The molecule has 0 bridgehead atoms. The van der Waals surface area contributed by atoms with Gasteiger partial charge in [0.05, 0.1) is 6.04 Å². The number of ether oxygens (including phenoxy) is 2. The Hall–Kier alpha value is -4.59. The normalized spacial score (nSPS) is 12.4. The average Bonchev–Trinajstić information content (AvgIpc) is 3.31. The van der Waals surface area contributed by atoms with Crippen LogP contribution in [-0.2, 0) is 27.4 Å². The largest absolute Gasteiger partial charge is 0.445 e. The molecule has 0 spiro atoms. The van der Waals surface area contributed by atoms with Crippen LogP contribution in [0.2, 0.25) is 0 Å². The Morgan fingerprint density at radius 3 is 2.32 bits per heavy atom. The third-order valence-electron chi connectivity index (χ3n) is 5.92. The van der Waals surface area contributed by atoms with E-state index in [-0.39, 0.29) is 25.0 Å². The van der Waals surface area contributed by atoms with Gasteiger partial charge in [0.15, 0.2) is 0 Å². The summed E-state index contributed by atoms with van der Waals surface area (Å²) in [5, 5.41) is 6.71. The van der Waals surface area contributed by atoms with Gasteiger partial charge in [-0.1, -0.05) is 60.7 Å². The van der Waals surface area contributed by atoms with E-state index < -0.39 is 18.1 Å². The van der Waals surface area contributed by atoms with Crippen LogP contribution in [0.3, 0.4) is 0 Å². The molecule has 0 aliphatic heterocycles. The summed E-state index contributed by atoms with van der Waals surface area (Å²) in [6.45, 7) is 3.21. The molecular formula is C29H29N3O5. The Morgan fingerprint density at radius 2 is 1.59 bits per heavy atom. The van der Waals surface area contributed by atoms with Crippen molar-refractivity contribution in [1.82, 2.24) is 15.6 Å². The van der Waals surface area contributed by atoms with Gasteiger partial charge < -0.3 is 25.1 Å². The van der Waals surface area contributed by atoms with E-state index in [0.29, 0.717) is 11.3 Å². The van der Waals surface area contributed by atoms with Crippen LogP contribution in [0.1, 0.15) is 36.6 Å². The summed E-state index contributed by atoms with van der Waals surface area (Å²) in [6, 6.07) is 23.0. The monoisotopic (exact) mass is 499 g/mol. The zero-order valence-electron chi connectivity index (χ0n) is 20.7. The molecule has 0 fully saturated rings. The maximum atomic E-state index is 13.3. The third kappa shape index (κ3) is 6.98. The number of esters is 1. The van der Waals surface area contributed by atoms with Crippen molar-refractivity contribution in [3.05, 3.63) is 102 Å². The maximum Gasteiger partial charge on any atom is 0.408 e. The number of aromatic amines is 1. The van der Waals surface area contributed by atoms with E-state index in [0.717, 1.165) is 22.0 Å². The molecule has 0 saturated heterocycles. The number of carbonyl (C=O) groups is 3. The third-order valence-corrected chi connectivity index (χ3v) is 5.92. The average molecular weight is 500 g/mol. The number of benzene rings is 3. The van der Waals surface area contributed by atoms with E-state index >= 15 is 0 Å². The number of amides is 2. The second-order valence-electron chi connectivity index (χ2n) is 8.72. The molecule has 0 unspecified atom stereocenters. The Balaban J connectivity index is 1.44. The zero-order valence-corrected chi connectivity index (χ0v) is 20.7. The Kier molecular flexibility index (Phi) is 8.20. The molecule has 8 nitrogen and oxygen atoms in total. The fourth-order valence-corrected chi connectivity index (χ4v) is 4.02. The molecule has 4 aromatic rings. The number of carbonyl (C=O) groups excluding carboxylic acids is 3. The first-order valence-corrected chi connectivity index (χ1v) is 12.0. The maximum absolute atomic E-state index is 13.3. The molecule has 1 heterocycles. The molecule has 0 aliphatic carbocycles. The lowest BCUT2D eigenvalue weighted by Gasteiger charge is -2.21. The highest BCUT2D eigenvalue weighted by Gasteiger charge is 2.25. The van der Waals surface area contributed by atoms with Crippen molar-refractivity contribution in [3.63, 3.8) is 0 Å². The zero-order chi connectivity index (χ0) is 26.2. The minimum absolute atomic E-state index is 0.00593. The van der Waals surface area contributed by atoms with Gasteiger partial charge in [0.25, 0.3) is 0 Å². The Bertz CT molecular complexity index is 1370. The van der Waals surface area contributed by atoms with Gasteiger partial charge in [0.2, 0.25) is 5.91 Å². The van der Waals surface area contributed by atoms with Crippen LogP contribution in [0.4, 0.5) is 4.79 Å². The fraction of sp³-hybridized carbons (Fsp3) is 0.207. The molecule has 2 atom stereocenters. The van der Waals surface area contributed by atoms with Crippen molar-refractivity contribution in [3.8, 4) is 5.75 Å². The van der Waals surface area contributed by atoms with E-state index in [1.165, 1.54) is 6.92 Å². The topological polar surface area (TPSA) is 110 Å². The Labute approximate surface area is 215 Å². The lowest BCUT2D eigenvalue weighted by molar-refractivity contribution is -0.131. The highest BCUT2D eigenvalue weighted by atomic mass is 16.5. The Morgan fingerprint density at radius 1 is 0.892 bits per heavy atom. The van der Waals surface area contributed by atoms with Gasteiger partial charge in [-0.2, -0.15) is 0 Å². The van der Waals surface area contributed by atoms with Crippen molar-refractivity contribution in [1.29, 1.82) is 0 Å². The predicted octanol–water partition coefficient (Wildman–Crippen LogP) is 4.81. The smallest absolute Gasteiger partial charge is 0.408 e. The number of alkyl carbamates (subject to hydrolysis) is 1. The van der Waals surface area contributed by atoms with Gasteiger partial charge in [-0.15, -0.1) is 0 Å². The van der Waals surface area contributed by atoms with Crippen molar-refractivity contribution in [2.24, 2.45) is 0 Å². The SMILES string of the molecule is CC(=O)Oc1ccc(COC(=O)N[C@H](Cc2c[nH]c3ccccc23)C(=O)N[C@@H](C)c2ccccc2)cc1. The molecular weight excluding hydrogens is 470 g/mol. The van der Waals surface area contributed by atoms with Gasteiger partial charge in [-0.05, 0) is 41.8 Å². The van der Waals surface area contributed by atoms with Crippen molar-refractivity contribution >= 4 is 28.9 Å². The summed E-state index contributed by atoms with van der Waals surface area (Å²) in [4.78, 5) is 40.3. The van der Waals surface area contributed by atoms with Crippen LogP contribution < -0.4 is 15.4 Å². The lowest BCUT2D eigenvalue weighted by atomic mass is 10.0. The van der Waals surface area contributed by atoms with E-state index in [1.54, 1.807) is 24.3 Å². The van der Waals surface area contributed by atoms with Gasteiger partial charge in [0.1, 0.15) is 18.4 Å². The summed E-state index contributed by atoms with van der Waals surface area (Å²) in [5.74, 6) is -0.322. The van der Waals surface area contributed by atoms with E-state index in [4.69, 9.17) is 9.47 Å². The first kappa shape index (κ1) is 25.5. The molecule has 37 heavy (non-hydrogen) atoms. The van der Waals surface area contributed by atoms with Crippen LogP contribution in [0, 0.1) is 0 Å². The molecule has 0 radical (unpaired) electrons. The quantitative estimate of drug-likeness (QED) is 0.226. The molecule has 4 rings (SSSR count). The highest BCUT2D eigenvalue weighted by Crippen LogP contribution is 2.20. The number of para-hydroxylation sites is 1. The molecule has 0 aliphatic rings. The van der Waals surface area contributed by atoms with Crippen molar-refractivity contribution in [2.45, 2.75) is 39.0 Å². The number of hydrogen-bond acceptors (Lipinski definition) is 5. The number of hydrogen-bond donors (Lipinski definition) is 3. The van der Waals surface area contributed by atoms with Crippen LogP contribution in [0.25, 0.3) is 10.9 Å². The lowest BCUT2D eigenvalue weighted by Crippen LogP contribution is -2.48. The highest BCUT2D eigenvalue weighted by molar-refractivity contribution is 5.88. The summed E-state index contributed by atoms with van der Waals surface area (Å²) < 4.78 is 10.4. The molecule has 8 heteroatoms. The summed E-state index contributed by atoms with van der Waals surface area (Å²) in [6.07, 6.45) is 1.42. The number of nitrogens with one attached hydrogen (secondary N) is 3. The van der Waals surface area contributed by atoms with Crippen molar-refractivity contribution in [2.75, 3.05) is 0 Å². The van der Waals surface area contributed by atoms with E-state index in [2.05, 4.69) is 15.6 Å². The van der Waals surface area contributed by atoms with Gasteiger partial charge in [-0.25, -0.2) is 4.79 Å². The molecule has 2 amide bonds. The molecule has 190 valence electrons. The van der Waals surface area contributed by atoms with E-state index in [1.807, 2.05) is 67.7 Å². The van der Waals surface area contributed by atoms with Crippen LogP contribution in [0.5, 0.6) is 5.75 Å². The van der Waals surface area contributed by atoms with E-state index in [9.17, 15) is 14.4 Å². The van der Waals surface area contributed by atoms with Crippen LogP contribution >= 0.6 is 0 Å². The second-order valence-corrected chi connectivity index (χ2v) is 8.72. The number of aromatic nitrogens is 1. The summed E-state index contributed by atoms with van der Waals surface area (Å²) >= 11 is 0. The van der Waals surface area contributed by atoms with Gasteiger partial charge >= 0.3 is 12.1 Å². The first-order chi connectivity index (χ1) is 17.9. The second kappa shape index (κ2) is 11.9. The molecule has 1 aromatic heterocycles. The minimum Gasteiger partial charge on any atom is -0.445 e. The summed E-state index contributed by atoms with van der Waals surface area (Å²) in [7, 11) is 0. The number of fused-ring (bicyclic) bond motifs is 1. The summed E-state index contributed by atoms with van der Waals surface area (Å²) in [5.41, 5.74) is 3.53. The predicted molar refractivity (Wildman–Crippen MR) is 140 cm³/mol. The van der Waals surface area contributed by atoms with Crippen LogP contribution in [-0.4, -0.2) is 29.0 Å². The van der Waals surface area contributed by atoms with Gasteiger partial charge in [0, 0.05) is 30.4 Å². The fourth-order valence-electron chi connectivity index (χ4n) is 4.02.